The Bertz CT molecular complexity index is 775. The van der Waals surface area contributed by atoms with Crippen LogP contribution in [0.1, 0.15) is 28.8 Å². The van der Waals surface area contributed by atoms with Crippen LogP contribution < -0.4 is 5.32 Å². The highest BCUT2D eigenvalue weighted by Crippen LogP contribution is 2.29. The van der Waals surface area contributed by atoms with E-state index in [1.165, 1.54) is 11.1 Å². The summed E-state index contributed by atoms with van der Waals surface area (Å²) in [4.78, 5) is 4.54. The average Bonchev–Trinajstić information content (AvgIpc) is 3.15. The standard InChI is InChI=1S/C16H15N3O2/c1-10-12(7-9-20-10)15-18-16(21-19-15)14-13-5-3-2-4-11(13)6-8-17-14/h2-5,7,9,14,17H,6,8H2,1H3. The summed E-state index contributed by atoms with van der Waals surface area (Å²) in [6, 6.07) is 10.2. The minimum Gasteiger partial charge on any atom is -0.469 e. The summed E-state index contributed by atoms with van der Waals surface area (Å²) in [5, 5.41) is 7.53. The van der Waals surface area contributed by atoms with Crippen LogP contribution in [0.4, 0.5) is 0 Å². The number of aryl methyl sites for hydroxylation is 1. The molecule has 0 aliphatic carbocycles. The Labute approximate surface area is 122 Å². The number of nitrogens with zero attached hydrogens (tertiary/aromatic N) is 2. The number of fused-ring (bicyclic) bond motifs is 1. The molecule has 4 rings (SSSR count). The normalized spacial score (nSPS) is 17.7. The number of furan rings is 1. The summed E-state index contributed by atoms with van der Waals surface area (Å²) >= 11 is 0. The van der Waals surface area contributed by atoms with Crippen molar-refractivity contribution >= 4 is 0 Å². The quantitative estimate of drug-likeness (QED) is 0.782. The number of benzene rings is 1. The van der Waals surface area contributed by atoms with Crippen molar-refractivity contribution in [2.24, 2.45) is 0 Å². The number of hydrogen-bond acceptors (Lipinski definition) is 5. The van der Waals surface area contributed by atoms with E-state index < -0.39 is 0 Å². The van der Waals surface area contributed by atoms with Gasteiger partial charge >= 0.3 is 0 Å². The zero-order valence-corrected chi connectivity index (χ0v) is 11.7. The molecule has 0 spiro atoms. The van der Waals surface area contributed by atoms with Gasteiger partial charge in [-0.3, -0.25) is 0 Å². The maximum atomic E-state index is 5.47. The van der Waals surface area contributed by atoms with Gasteiger partial charge in [-0.15, -0.1) is 0 Å². The van der Waals surface area contributed by atoms with Crippen molar-refractivity contribution in [3.63, 3.8) is 0 Å². The van der Waals surface area contributed by atoms with Crippen molar-refractivity contribution in [2.75, 3.05) is 6.54 Å². The first-order chi connectivity index (χ1) is 10.3. The number of aromatic nitrogens is 2. The summed E-state index contributed by atoms with van der Waals surface area (Å²) in [5.41, 5.74) is 3.41. The highest BCUT2D eigenvalue weighted by Gasteiger charge is 2.26. The fraction of sp³-hybridized carbons (Fsp3) is 0.250. The molecule has 1 N–H and O–H groups in total. The van der Waals surface area contributed by atoms with E-state index in [9.17, 15) is 0 Å². The van der Waals surface area contributed by atoms with Crippen LogP contribution in [0.15, 0.2) is 45.5 Å². The first kappa shape index (κ1) is 12.3. The lowest BCUT2D eigenvalue weighted by atomic mass is 9.94. The van der Waals surface area contributed by atoms with Gasteiger partial charge in [0.2, 0.25) is 11.7 Å². The van der Waals surface area contributed by atoms with Crippen LogP contribution in [0.25, 0.3) is 11.4 Å². The summed E-state index contributed by atoms with van der Waals surface area (Å²) in [6.45, 7) is 2.80. The minimum atomic E-state index is -0.0385. The second-order valence-electron chi connectivity index (χ2n) is 5.18. The lowest BCUT2D eigenvalue weighted by Gasteiger charge is -2.23. The maximum Gasteiger partial charge on any atom is 0.248 e. The highest BCUT2D eigenvalue weighted by molar-refractivity contribution is 5.56. The predicted octanol–water partition coefficient (Wildman–Crippen LogP) is 2.87. The van der Waals surface area contributed by atoms with Gasteiger partial charge in [0, 0.05) is 6.54 Å². The molecule has 3 aromatic rings. The summed E-state index contributed by atoms with van der Waals surface area (Å²) in [5.74, 6) is 1.96. The smallest absolute Gasteiger partial charge is 0.248 e. The van der Waals surface area contributed by atoms with Gasteiger partial charge in [-0.05, 0) is 30.5 Å². The van der Waals surface area contributed by atoms with Crippen molar-refractivity contribution < 1.29 is 8.94 Å². The molecule has 1 atom stereocenters. The molecular weight excluding hydrogens is 266 g/mol. The first-order valence-corrected chi connectivity index (χ1v) is 7.02. The minimum absolute atomic E-state index is 0.0385. The molecule has 5 nitrogen and oxygen atoms in total. The summed E-state index contributed by atoms with van der Waals surface area (Å²) < 4.78 is 10.8. The van der Waals surface area contributed by atoms with Gasteiger partial charge in [0.1, 0.15) is 11.8 Å². The molecule has 0 amide bonds. The Balaban J connectivity index is 1.73. The van der Waals surface area contributed by atoms with Crippen LogP contribution in [0.3, 0.4) is 0 Å². The highest BCUT2D eigenvalue weighted by atomic mass is 16.5. The van der Waals surface area contributed by atoms with E-state index in [-0.39, 0.29) is 6.04 Å². The third-order valence-corrected chi connectivity index (χ3v) is 3.90. The summed E-state index contributed by atoms with van der Waals surface area (Å²) in [7, 11) is 0. The lowest BCUT2D eigenvalue weighted by molar-refractivity contribution is 0.344. The first-order valence-electron chi connectivity index (χ1n) is 7.02. The molecule has 1 unspecified atom stereocenters. The van der Waals surface area contributed by atoms with Crippen molar-refractivity contribution in [1.29, 1.82) is 0 Å². The molecule has 1 aromatic carbocycles. The maximum absolute atomic E-state index is 5.47. The average molecular weight is 281 g/mol. The molecule has 0 saturated carbocycles. The second kappa shape index (κ2) is 4.86. The van der Waals surface area contributed by atoms with Crippen LogP contribution in [-0.4, -0.2) is 16.7 Å². The van der Waals surface area contributed by atoms with E-state index in [1.54, 1.807) is 6.26 Å². The topological polar surface area (TPSA) is 64.1 Å². The van der Waals surface area contributed by atoms with Gasteiger partial charge in [-0.1, -0.05) is 29.4 Å². The molecule has 5 heteroatoms. The fourth-order valence-corrected chi connectivity index (χ4v) is 2.80. The van der Waals surface area contributed by atoms with E-state index in [0.717, 1.165) is 24.3 Å². The SMILES string of the molecule is Cc1occc1-c1noc(C2NCCc3ccccc32)n1. The Morgan fingerprint density at radius 2 is 2.14 bits per heavy atom. The molecule has 1 aliphatic rings. The van der Waals surface area contributed by atoms with E-state index in [0.29, 0.717) is 11.7 Å². The Morgan fingerprint density at radius 3 is 3.00 bits per heavy atom. The molecule has 0 saturated heterocycles. The van der Waals surface area contributed by atoms with Crippen molar-refractivity contribution in [3.05, 3.63) is 59.4 Å². The monoisotopic (exact) mass is 281 g/mol. The molecule has 1 aliphatic heterocycles. The van der Waals surface area contributed by atoms with E-state index >= 15 is 0 Å². The second-order valence-corrected chi connectivity index (χ2v) is 5.18. The van der Waals surface area contributed by atoms with Gasteiger partial charge in [0.25, 0.3) is 0 Å². The van der Waals surface area contributed by atoms with Crippen LogP contribution in [0.2, 0.25) is 0 Å². The molecule has 0 fully saturated rings. The van der Waals surface area contributed by atoms with E-state index in [4.69, 9.17) is 8.94 Å². The Hall–Kier alpha value is -2.40. The van der Waals surface area contributed by atoms with Crippen LogP contribution in [-0.2, 0) is 6.42 Å². The summed E-state index contributed by atoms with van der Waals surface area (Å²) in [6.07, 6.45) is 2.66. The van der Waals surface area contributed by atoms with Gasteiger partial charge in [0.05, 0.1) is 11.8 Å². The van der Waals surface area contributed by atoms with Crippen LogP contribution >= 0.6 is 0 Å². The molecular formula is C16H15N3O2. The molecule has 0 radical (unpaired) electrons. The predicted molar refractivity (Wildman–Crippen MR) is 76.7 cm³/mol. The Kier molecular flexibility index (Phi) is 2.86. The third-order valence-electron chi connectivity index (χ3n) is 3.90. The van der Waals surface area contributed by atoms with E-state index in [2.05, 4.69) is 33.7 Å². The molecule has 21 heavy (non-hydrogen) atoms. The number of nitrogens with one attached hydrogen (secondary N) is 1. The zero-order valence-electron chi connectivity index (χ0n) is 11.7. The largest absolute Gasteiger partial charge is 0.469 e. The number of hydrogen-bond donors (Lipinski definition) is 1. The molecule has 3 heterocycles. The van der Waals surface area contributed by atoms with Crippen molar-refractivity contribution in [1.82, 2.24) is 15.5 Å². The fourth-order valence-electron chi connectivity index (χ4n) is 2.80. The van der Waals surface area contributed by atoms with Gasteiger partial charge in [0.15, 0.2) is 0 Å². The third kappa shape index (κ3) is 2.06. The Morgan fingerprint density at radius 1 is 1.24 bits per heavy atom. The van der Waals surface area contributed by atoms with Crippen molar-refractivity contribution in [3.8, 4) is 11.4 Å². The van der Waals surface area contributed by atoms with Crippen LogP contribution in [0.5, 0.6) is 0 Å². The van der Waals surface area contributed by atoms with Gasteiger partial charge in [-0.25, -0.2) is 0 Å². The lowest BCUT2D eigenvalue weighted by Crippen LogP contribution is -2.30. The zero-order chi connectivity index (χ0) is 14.2. The van der Waals surface area contributed by atoms with Gasteiger partial charge in [-0.2, -0.15) is 4.98 Å². The molecule has 2 aromatic heterocycles. The van der Waals surface area contributed by atoms with Gasteiger partial charge < -0.3 is 14.3 Å². The number of rotatable bonds is 2. The van der Waals surface area contributed by atoms with Crippen molar-refractivity contribution in [2.45, 2.75) is 19.4 Å². The van der Waals surface area contributed by atoms with Crippen LogP contribution in [0, 0.1) is 6.92 Å². The molecule has 106 valence electrons. The molecule has 0 bridgehead atoms. The van der Waals surface area contributed by atoms with E-state index in [1.807, 2.05) is 19.1 Å².